The van der Waals surface area contributed by atoms with Gasteiger partial charge in [-0.2, -0.15) is 10.1 Å². The van der Waals surface area contributed by atoms with Gasteiger partial charge in [0.2, 0.25) is 5.95 Å². The van der Waals surface area contributed by atoms with E-state index in [4.69, 9.17) is 27.9 Å². The maximum atomic E-state index is 13.4. The van der Waals surface area contributed by atoms with Crippen LogP contribution in [0.1, 0.15) is 36.7 Å². The number of hydrogen-bond donors (Lipinski definition) is 1. The number of hydrogen-bond acceptors (Lipinski definition) is 8. The average Bonchev–Trinajstić information content (AvgIpc) is 3.36. The molecule has 11 nitrogen and oxygen atoms in total. The number of halogens is 2. The number of fused-ring (bicyclic) bond motifs is 1. The first-order valence-electron chi connectivity index (χ1n) is 13.5. The molecule has 43 heavy (non-hydrogen) atoms. The zero-order valence-electron chi connectivity index (χ0n) is 24.7. The Morgan fingerprint density at radius 3 is 2.47 bits per heavy atom. The van der Waals surface area contributed by atoms with Gasteiger partial charge in [-0.3, -0.25) is 14.4 Å². The molecule has 0 unspecified atom stereocenters. The number of nitrogens with zero attached hydrogens (tertiary/aromatic N) is 7. The molecule has 3 heterocycles. The van der Waals surface area contributed by atoms with Gasteiger partial charge in [-0.25, -0.2) is 9.78 Å². The summed E-state index contributed by atoms with van der Waals surface area (Å²) < 4.78 is 7.28. The highest BCUT2D eigenvalue weighted by Gasteiger charge is 2.33. The van der Waals surface area contributed by atoms with Crippen LogP contribution < -0.4 is 15.1 Å². The van der Waals surface area contributed by atoms with Crippen LogP contribution in [-0.2, 0) is 18.3 Å². The first-order chi connectivity index (χ1) is 20.3. The number of rotatable bonds is 6. The first-order valence-corrected chi connectivity index (χ1v) is 14.2. The summed E-state index contributed by atoms with van der Waals surface area (Å²) in [7, 11) is 5.37. The van der Waals surface area contributed by atoms with Crippen LogP contribution in [-0.4, -0.2) is 63.0 Å². The number of para-hydroxylation sites is 1. The molecule has 2 aromatic carbocycles. The standard InChI is InChI=1S/C30H32Cl2N8O3/c1-30(2,3)43-29(42)37(4)15-18-12-20(10-11-21(18)19-13-34-39(6)16-19)35-28-33-14-22-26(36-28)38(5)17-40(27(22)41)25-23(31)8-7-9-24(25)32/h7-14,16H,15,17H2,1-6H3,(H,33,35,36). The van der Waals surface area contributed by atoms with Gasteiger partial charge < -0.3 is 19.9 Å². The summed E-state index contributed by atoms with van der Waals surface area (Å²) in [6.45, 7) is 5.98. The van der Waals surface area contributed by atoms with Crippen LogP contribution in [0, 0.1) is 0 Å². The number of carbonyl (C=O) groups is 2. The molecule has 0 saturated carbocycles. The van der Waals surface area contributed by atoms with Crippen molar-refractivity contribution in [1.82, 2.24) is 24.6 Å². The van der Waals surface area contributed by atoms with E-state index in [1.165, 1.54) is 16.0 Å². The van der Waals surface area contributed by atoms with Gasteiger partial charge in [0.05, 0.1) is 28.6 Å². The Labute approximate surface area is 260 Å². The molecule has 5 rings (SSSR count). The van der Waals surface area contributed by atoms with E-state index in [0.717, 1.165) is 16.7 Å². The molecule has 224 valence electrons. The lowest BCUT2D eigenvalue weighted by atomic mass is 10.0. The molecule has 4 aromatic rings. The summed E-state index contributed by atoms with van der Waals surface area (Å²) >= 11 is 12.8. The molecule has 0 aliphatic carbocycles. The quantitative estimate of drug-likeness (QED) is 0.265. The second kappa shape index (κ2) is 11.7. The van der Waals surface area contributed by atoms with Crippen molar-refractivity contribution < 1.29 is 14.3 Å². The summed E-state index contributed by atoms with van der Waals surface area (Å²) in [6.07, 6.45) is 4.75. The Bertz CT molecular complexity index is 1680. The van der Waals surface area contributed by atoms with Gasteiger partial charge >= 0.3 is 6.09 Å². The van der Waals surface area contributed by atoms with E-state index in [9.17, 15) is 9.59 Å². The fraction of sp³-hybridized carbons (Fsp3) is 0.300. The van der Waals surface area contributed by atoms with Crippen LogP contribution in [0.2, 0.25) is 10.0 Å². The van der Waals surface area contributed by atoms with Crippen molar-refractivity contribution in [2.24, 2.45) is 7.05 Å². The van der Waals surface area contributed by atoms with Crippen molar-refractivity contribution in [3.63, 3.8) is 0 Å². The molecular weight excluding hydrogens is 591 g/mol. The third-order valence-corrected chi connectivity index (χ3v) is 7.27. The number of aryl methyl sites for hydroxylation is 1. The maximum Gasteiger partial charge on any atom is 0.410 e. The fourth-order valence-corrected chi connectivity index (χ4v) is 5.32. The zero-order chi connectivity index (χ0) is 31.1. The highest BCUT2D eigenvalue weighted by molar-refractivity contribution is 6.40. The summed E-state index contributed by atoms with van der Waals surface area (Å²) in [5, 5.41) is 8.29. The van der Waals surface area contributed by atoms with Gasteiger partial charge in [-0.1, -0.05) is 35.3 Å². The molecule has 2 amide bonds. The van der Waals surface area contributed by atoms with Gasteiger partial charge in [0.15, 0.2) is 0 Å². The van der Waals surface area contributed by atoms with E-state index in [1.54, 1.807) is 36.1 Å². The monoisotopic (exact) mass is 622 g/mol. The van der Waals surface area contributed by atoms with Crippen molar-refractivity contribution >= 4 is 58.3 Å². The van der Waals surface area contributed by atoms with Crippen LogP contribution in [0.4, 0.5) is 27.9 Å². The number of benzene rings is 2. The molecule has 0 bridgehead atoms. The first kappa shape index (κ1) is 30.1. The minimum absolute atomic E-state index is 0.201. The minimum atomic E-state index is -0.615. The molecule has 1 aliphatic rings. The molecular formula is C30H32Cl2N8O3. The van der Waals surface area contributed by atoms with Crippen LogP contribution in [0.3, 0.4) is 0 Å². The topological polar surface area (TPSA) is 109 Å². The van der Waals surface area contributed by atoms with Gasteiger partial charge in [0, 0.05) is 51.3 Å². The number of carbonyl (C=O) groups excluding carboxylic acids is 2. The Balaban J connectivity index is 1.43. The summed E-state index contributed by atoms with van der Waals surface area (Å²) in [6, 6.07) is 10.9. The number of amides is 2. The van der Waals surface area contributed by atoms with Gasteiger partial charge in [0.1, 0.15) is 17.0 Å². The molecule has 0 atom stereocenters. The normalized spacial score (nSPS) is 13.2. The lowest BCUT2D eigenvalue weighted by molar-refractivity contribution is 0.0285. The Hall–Kier alpha value is -4.35. The van der Waals surface area contributed by atoms with Crippen LogP contribution >= 0.6 is 23.2 Å². The van der Waals surface area contributed by atoms with Gasteiger partial charge in [0.25, 0.3) is 5.91 Å². The number of anilines is 4. The average molecular weight is 624 g/mol. The predicted octanol–water partition coefficient (Wildman–Crippen LogP) is 6.35. The minimum Gasteiger partial charge on any atom is -0.444 e. The second-order valence-corrected chi connectivity index (χ2v) is 12.1. The van der Waals surface area contributed by atoms with E-state index in [-0.39, 0.29) is 19.1 Å². The highest BCUT2D eigenvalue weighted by Crippen LogP contribution is 2.38. The maximum absolute atomic E-state index is 13.4. The summed E-state index contributed by atoms with van der Waals surface area (Å²) in [5.74, 6) is 0.477. The molecule has 0 saturated heterocycles. The largest absolute Gasteiger partial charge is 0.444 e. The lowest BCUT2D eigenvalue weighted by Crippen LogP contribution is -2.46. The SMILES string of the molecule is CN(Cc1cc(Nc2ncc3c(n2)N(C)CN(c2c(Cl)cccc2Cl)C3=O)ccc1-c1cnn(C)c1)C(=O)OC(C)(C)C. The van der Waals surface area contributed by atoms with E-state index in [0.29, 0.717) is 38.7 Å². The van der Waals surface area contributed by atoms with Crippen molar-refractivity contribution in [3.05, 3.63) is 76.2 Å². The smallest absolute Gasteiger partial charge is 0.410 e. The molecule has 13 heteroatoms. The second-order valence-electron chi connectivity index (χ2n) is 11.3. The third-order valence-electron chi connectivity index (χ3n) is 6.66. The Morgan fingerprint density at radius 1 is 1.09 bits per heavy atom. The Kier molecular flexibility index (Phi) is 8.22. The van der Waals surface area contributed by atoms with Crippen molar-refractivity contribution in [1.29, 1.82) is 0 Å². The van der Waals surface area contributed by atoms with Gasteiger partial charge in [-0.05, 0) is 56.2 Å². The van der Waals surface area contributed by atoms with E-state index >= 15 is 0 Å². The molecule has 0 radical (unpaired) electrons. The van der Waals surface area contributed by atoms with Crippen LogP contribution in [0.5, 0.6) is 0 Å². The van der Waals surface area contributed by atoms with Gasteiger partial charge in [-0.15, -0.1) is 0 Å². The number of ether oxygens (including phenoxy) is 1. The number of nitrogens with one attached hydrogen (secondary N) is 1. The van der Waals surface area contributed by atoms with E-state index in [1.807, 2.05) is 64.2 Å². The zero-order valence-corrected chi connectivity index (χ0v) is 26.2. The van der Waals surface area contributed by atoms with Crippen molar-refractivity contribution in [2.45, 2.75) is 32.9 Å². The summed E-state index contributed by atoms with van der Waals surface area (Å²) in [4.78, 5) is 40.1. The molecule has 0 fully saturated rings. The third kappa shape index (κ3) is 6.52. The Morgan fingerprint density at radius 2 is 1.81 bits per heavy atom. The van der Waals surface area contributed by atoms with Crippen molar-refractivity contribution in [2.75, 3.05) is 35.9 Å². The van der Waals surface area contributed by atoms with Crippen LogP contribution in [0.15, 0.2) is 55.0 Å². The van der Waals surface area contributed by atoms with Crippen molar-refractivity contribution in [3.8, 4) is 11.1 Å². The molecule has 0 spiro atoms. The van der Waals surface area contributed by atoms with E-state index < -0.39 is 11.7 Å². The predicted molar refractivity (Wildman–Crippen MR) is 168 cm³/mol. The summed E-state index contributed by atoms with van der Waals surface area (Å²) in [5.41, 5.74) is 3.54. The molecule has 1 N–H and O–H groups in total. The highest BCUT2D eigenvalue weighted by atomic mass is 35.5. The molecule has 1 aliphatic heterocycles. The van der Waals surface area contributed by atoms with E-state index in [2.05, 4.69) is 20.4 Å². The fourth-order valence-electron chi connectivity index (χ4n) is 4.72. The lowest BCUT2D eigenvalue weighted by Gasteiger charge is -2.35. The number of aromatic nitrogens is 4. The molecule has 2 aromatic heterocycles. The van der Waals surface area contributed by atoms with Crippen LogP contribution in [0.25, 0.3) is 11.1 Å².